The van der Waals surface area contributed by atoms with Crippen LogP contribution in [-0.4, -0.2) is 41.5 Å². The van der Waals surface area contributed by atoms with Gasteiger partial charge in [-0.1, -0.05) is 12.1 Å². The highest BCUT2D eigenvalue weighted by Gasteiger charge is 2.20. The molecule has 6 nitrogen and oxygen atoms in total. The van der Waals surface area contributed by atoms with Crippen molar-refractivity contribution in [3.8, 4) is 0 Å². The first-order valence-electron chi connectivity index (χ1n) is 6.99. The van der Waals surface area contributed by atoms with Crippen molar-refractivity contribution in [2.24, 2.45) is 0 Å². The quantitative estimate of drug-likeness (QED) is 0.874. The van der Waals surface area contributed by atoms with E-state index < -0.39 is 0 Å². The van der Waals surface area contributed by atoms with Gasteiger partial charge in [0, 0.05) is 24.6 Å². The Morgan fingerprint density at radius 3 is 2.95 bits per heavy atom. The number of benzene rings is 1. The third-order valence-electron chi connectivity index (χ3n) is 3.36. The lowest BCUT2D eigenvalue weighted by atomic mass is 10.2. The maximum absolute atomic E-state index is 12.0. The molecule has 1 amide bonds. The summed E-state index contributed by atoms with van der Waals surface area (Å²) in [5, 5.41) is 10.2. The van der Waals surface area contributed by atoms with Gasteiger partial charge in [0.25, 0.3) is 0 Å². The summed E-state index contributed by atoms with van der Waals surface area (Å²) in [6.45, 7) is 2.51. The molecule has 6 heteroatoms. The summed E-state index contributed by atoms with van der Waals surface area (Å²) in [5.41, 5.74) is 1.92. The number of aromatic nitrogens is 2. The summed E-state index contributed by atoms with van der Waals surface area (Å²) in [4.78, 5) is 12.0. The maximum atomic E-state index is 12.0. The Labute approximate surface area is 123 Å². The van der Waals surface area contributed by atoms with Crippen LogP contribution in [0, 0.1) is 0 Å². The molecular weight excluding hydrogens is 268 g/mol. The molecule has 3 rings (SSSR count). The van der Waals surface area contributed by atoms with E-state index >= 15 is 0 Å². The van der Waals surface area contributed by atoms with Crippen molar-refractivity contribution in [2.45, 2.75) is 12.6 Å². The first-order valence-corrected chi connectivity index (χ1v) is 6.99. The molecule has 1 aromatic heterocycles. The highest BCUT2D eigenvalue weighted by molar-refractivity contribution is 5.95. The second kappa shape index (κ2) is 6.51. The summed E-state index contributed by atoms with van der Waals surface area (Å²) >= 11 is 0. The van der Waals surface area contributed by atoms with E-state index in [1.807, 2.05) is 41.2 Å². The Morgan fingerprint density at radius 2 is 2.29 bits per heavy atom. The lowest BCUT2D eigenvalue weighted by Gasteiger charge is -2.22. The van der Waals surface area contributed by atoms with Crippen LogP contribution >= 0.6 is 0 Å². The molecule has 1 aliphatic rings. The van der Waals surface area contributed by atoms with Crippen LogP contribution in [0.3, 0.4) is 0 Å². The standard InChI is InChI=1S/C15H18N4O2/c20-15(14-11-21-9-7-16-14)18-13-4-2-12(3-5-13)10-19-8-1-6-17-19/h1-6,8,14,16H,7,9-11H2,(H,18,20). The van der Waals surface area contributed by atoms with Crippen molar-refractivity contribution in [2.75, 3.05) is 25.1 Å². The second-order valence-electron chi connectivity index (χ2n) is 4.97. The molecule has 0 saturated carbocycles. The Kier molecular flexibility index (Phi) is 4.28. The van der Waals surface area contributed by atoms with Gasteiger partial charge in [-0.15, -0.1) is 0 Å². The first-order chi connectivity index (χ1) is 10.3. The van der Waals surface area contributed by atoms with Crippen LogP contribution in [0.2, 0.25) is 0 Å². The molecule has 1 fully saturated rings. The predicted molar refractivity (Wildman–Crippen MR) is 79.0 cm³/mol. The van der Waals surface area contributed by atoms with E-state index in [9.17, 15) is 4.79 Å². The van der Waals surface area contributed by atoms with Crippen LogP contribution in [0.25, 0.3) is 0 Å². The van der Waals surface area contributed by atoms with Gasteiger partial charge >= 0.3 is 0 Å². The number of hydrogen-bond donors (Lipinski definition) is 2. The number of morpholine rings is 1. The van der Waals surface area contributed by atoms with Crippen LogP contribution in [-0.2, 0) is 16.1 Å². The summed E-state index contributed by atoms with van der Waals surface area (Å²) < 4.78 is 7.14. The molecule has 2 heterocycles. The second-order valence-corrected chi connectivity index (χ2v) is 4.97. The van der Waals surface area contributed by atoms with Gasteiger partial charge in [0.15, 0.2) is 0 Å². The minimum absolute atomic E-state index is 0.0606. The fourth-order valence-electron chi connectivity index (χ4n) is 2.24. The van der Waals surface area contributed by atoms with E-state index in [2.05, 4.69) is 15.7 Å². The molecule has 1 aliphatic heterocycles. The number of carbonyl (C=O) groups is 1. The Morgan fingerprint density at radius 1 is 1.43 bits per heavy atom. The number of ether oxygens (including phenoxy) is 1. The molecule has 2 aromatic rings. The monoisotopic (exact) mass is 286 g/mol. The number of hydrogen-bond acceptors (Lipinski definition) is 4. The first kappa shape index (κ1) is 13.8. The van der Waals surface area contributed by atoms with Crippen LogP contribution in [0.15, 0.2) is 42.7 Å². The van der Waals surface area contributed by atoms with E-state index in [0.717, 1.165) is 17.8 Å². The third kappa shape index (κ3) is 3.68. The number of carbonyl (C=O) groups excluding carboxylic acids is 1. The Balaban J connectivity index is 1.57. The van der Waals surface area contributed by atoms with E-state index in [1.165, 1.54) is 0 Å². The van der Waals surface area contributed by atoms with Crippen molar-refractivity contribution in [3.05, 3.63) is 48.3 Å². The van der Waals surface area contributed by atoms with Gasteiger partial charge in [0.05, 0.1) is 19.8 Å². The average molecular weight is 286 g/mol. The average Bonchev–Trinajstić information content (AvgIpc) is 3.03. The van der Waals surface area contributed by atoms with E-state index in [-0.39, 0.29) is 11.9 Å². The van der Waals surface area contributed by atoms with Gasteiger partial charge in [0.1, 0.15) is 6.04 Å². The van der Waals surface area contributed by atoms with Crippen molar-refractivity contribution in [3.63, 3.8) is 0 Å². The van der Waals surface area contributed by atoms with Crippen molar-refractivity contribution in [1.82, 2.24) is 15.1 Å². The van der Waals surface area contributed by atoms with Gasteiger partial charge < -0.3 is 15.4 Å². The number of nitrogens with one attached hydrogen (secondary N) is 2. The van der Waals surface area contributed by atoms with Crippen molar-refractivity contribution in [1.29, 1.82) is 0 Å². The summed E-state index contributed by atoms with van der Waals surface area (Å²) in [6.07, 6.45) is 3.68. The largest absolute Gasteiger partial charge is 0.378 e. The molecular formula is C15H18N4O2. The number of amides is 1. The number of rotatable bonds is 4. The molecule has 0 aliphatic carbocycles. The van der Waals surface area contributed by atoms with Gasteiger partial charge in [-0.25, -0.2) is 0 Å². The molecule has 1 aromatic carbocycles. The molecule has 0 spiro atoms. The predicted octanol–water partition coefficient (Wildman–Crippen LogP) is 0.858. The van der Waals surface area contributed by atoms with E-state index in [0.29, 0.717) is 19.8 Å². The Hall–Kier alpha value is -2.18. The van der Waals surface area contributed by atoms with Gasteiger partial charge in [-0.3, -0.25) is 9.48 Å². The van der Waals surface area contributed by atoms with Crippen molar-refractivity contribution < 1.29 is 9.53 Å². The zero-order chi connectivity index (χ0) is 14.5. The zero-order valence-corrected chi connectivity index (χ0v) is 11.7. The van der Waals surface area contributed by atoms with E-state index in [1.54, 1.807) is 6.20 Å². The van der Waals surface area contributed by atoms with Crippen LogP contribution < -0.4 is 10.6 Å². The molecule has 21 heavy (non-hydrogen) atoms. The van der Waals surface area contributed by atoms with Gasteiger partial charge in [-0.2, -0.15) is 5.10 Å². The van der Waals surface area contributed by atoms with Crippen LogP contribution in [0.4, 0.5) is 5.69 Å². The van der Waals surface area contributed by atoms with Crippen LogP contribution in [0.5, 0.6) is 0 Å². The minimum atomic E-state index is -0.275. The third-order valence-corrected chi connectivity index (χ3v) is 3.36. The van der Waals surface area contributed by atoms with E-state index in [4.69, 9.17) is 4.74 Å². The summed E-state index contributed by atoms with van der Waals surface area (Å²) in [6, 6.07) is 9.40. The minimum Gasteiger partial charge on any atom is -0.378 e. The normalized spacial score (nSPS) is 18.4. The molecule has 110 valence electrons. The molecule has 2 N–H and O–H groups in total. The molecule has 1 atom stereocenters. The highest BCUT2D eigenvalue weighted by Crippen LogP contribution is 2.11. The fourth-order valence-corrected chi connectivity index (χ4v) is 2.24. The summed E-state index contributed by atoms with van der Waals surface area (Å²) in [7, 11) is 0. The zero-order valence-electron chi connectivity index (χ0n) is 11.7. The SMILES string of the molecule is O=C(Nc1ccc(Cn2cccn2)cc1)C1COCCN1. The molecule has 1 unspecified atom stereocenters. The maximum Gasteiger partial charge on any atom is 0.243 e. The topological polar surface area (TPSA) is 68.2 Å². The Bertz CT molecular complexity index is 574. The molecule has 0 bridgehead atoms. The van der Waals surface area contributed by atoms with Gasteiger partial charge in [-0.05, 0) is 23.8 Å². The van der Waals surface area contributed by atoms with Crippen molar-refractivity contribution >= 4 is 11.6 Å². The highest BCUT2D eigenvalue weighted by atomic mass is 16.5. The smallest absolute Gasteiger partial charge is 0.243 e. The summed E-state index contributed by atoms with van der Waals surface area (Å²) in [5.74, 6) is -0.0606. The van der Waals surface area contributed by atoms with Gasteiger partial charge in [0.2, 0.25) is 5.91 Å². The lowest BCUT2D eigenvalue weighted by molar-refractivity contribution is -0.120. The molecule has 0 radical (unpaired) electrons. The lowest BCUT2D eigenvalue weighted by Crippen LogP contribution is -2.48. The molecule has 1 saturated heterocycles. The number of anilines is 1. The number of nitrogens with zero attached hydrogens (tertiary/aromatic N) is 2. The van der Waals surface area contributed by atoms with Crippen LogP contribution in [0.1, 0.15) is 5.56 Å². The fraction of sp³-hybridized carbons (Fsp3) is 0.333.